The largest absolute Gasteiger partial charge is 0.496 e. The van der Waals surface area contributed by atoms with Crippen LogP contribution in [0.5, 0.6) is 5.75 Å². The normalized spacial score (nSPS) is 14.3. The number of nitrogens with zero attached hydrogens (tertiary/aromatic N) is 2. The lowest BCUT2D eigenvalue weighted by molar-refractivity contribution is 0.0225. The molecule has 0 atom stereocenters. The molecular weight excluding hydrogens is 452 g/mol. The van der Waals surface area contributed by atoms with Gasteiger partial charge in [0.25, 0.3) is 23.6 Å². The van der Waals surface area contributed by atoms with Gasteiger partial charge in [-0.15, -0.1) is 0 Å². The molecule has 0 N–H and O–H groups in total. The zero-order valence-corrected chi connectivity index (χ0v) is 18.5. The Morgan fingerprint density at radius 1 is 0.714 bits per heavy atom. The topological polar surface area (TPSA) is 110 Å². The predicted molar refractivity (Wildman–Crippen MR) is 121 cm³/mol. The van der Waals surface area contributed by atoms with Crippen molar-refractivity contribution in [3.8, 4) is 5.75 Å². The number of hydrogen-bond acceptors (Lipinski definition) is 7. The Morgan fingerprint density at radius 2 is 1.20 bits per heavy atom. The zero-order valence-electron chi connectivity index (χ0n) is 18.5. The smallest absolute Gasteiger partial charge is 0.343 e. The van der Waals surface area contributed by atoms with E-state index >= 15 is 0 Å². The summed E-state index contributed by atoms with van der Waals surface area (Å²) in [6, 6.07) is 17.5. The fraction of sp³-hybridized carbons (Fsp3) is 0.115. The van der Waals surface area contributed by atoms with Crippen LogP contribution in [-0.2, 0) is 11.3 Å². The van der Waals surface area contributed by atoms with Crippen molar-refractivity contribution in [3.63, 3.8) is 0 Å². The average Bonchev–Trinajstić information content (AvgIpc) is 3.27. The third-order valence-electron chi connectivity index (χ3n) is 5.91. The van der Waals surface area contributed by atoms with Gasteiger partial charge in [-0.05, 0) is 42.0 Å². The van der Waals surface area contributed by atoms with E-state index in [-0.39, 0.29) is 29.0 Å². The summed E-state index contributed by atoms with van der Waals surface area (Å²) in [4.78, 5) is 65.2. The van der Waals surface area contributed by atoms with Crippen LogP contribution >= 0.6 is 0 Å². The van der Waals surface area contributed by atoms with Crippen LogP contribution in [0.15, 0.2) is 66.7 Å². The van der Waals surface area contributed by atoms with Gasteiger partial charge in [0.15, 0.2) is 6.73 Å². The number of methoxy groups -OCH3 is 1. The molecule has 0 fully saturated rings. The second kappa shape index (κ2) is 8.53. The summed E-state index contributed by atoms with van der Waals surface area (Å²) in [6.07, 6.45) is 0. The molecule has 9 nitrogen and oxygen atoms in total. The Hall–Kier alpha value is -4.79. The maximum Gasteiger partial charge on any atom is 0.343 e. The third kappa shape index (κ3) is 3.63. The first-order chi connectivity index (χ1) is 16.9. The molecule has 174 valence electrons. The summed E-state index contributed by atoms with van der Waals surface area (Å²) in [5, 5.41) is 0. The highest BCUT2D eigenvalue weighted by atomic mass is 16.5. The molecule has 9 heteroatoms. The molecule has 3 aromatic rings. The van der Waals surface area contributed by atoms with E-state index in [4.69, 9.17) is 9.47 Å². The van der Waals surface area contributed by atoms with Gasteiger partial charge in [-0.1, -0.05) is 30.3 Å². The minimum Gasteiger partial charge on any atom is -0.496 e. The number of rotatable bonds is 6. The minimum absolute atomic E-state index is 0.0261. The van der Waals surface area contributed by atoms with E-state index in [1.807, 2.05) is 0 Å². The molecule has 0 spiro atoms. The lowest BCUT2D eigenvalue weighted by atomic mass is 10.1. The van der Waals surface area contributed by atoms with Crippen molar-refractivity contribution in [2.45, 2.75) is 6.54 Å². The first kappa shape index (κ1) is 22.0. The van der Waals surface area contributed by atoms with Crippen LogP contribution in [0, 0.1) is 0 Å². The molecule has 0 bridgehead atoms. The van der Waals surface area contributed by atoms with Crippen molar-refractivity contribution in [1.82, 2.24) is 9.80 Å². The number of hydrogen-bond donors (Lipinski definition) is 0. The van der Waals surface area contributed by atoms with E-state index in [0.717, 1.165) is 9.80 Å². The Labute approximate surface area is 199 Å². The predicted octanol–water partition coefficient (Wildman–Crippen LogP) is 2.90. The zero-order chi connectivity index (χ0) is 24.7. The molecule has 0 saturated carbocycles. The van der Waals surface area contributed by atoms with Gasteiger partial charge in [0.2, 0.25) is 0 Å². The van der Waals surface area contributed by atoms with Crippen molar-refractivity contribution in [2.24, 2.45) is 0 Å². The second-order valence-corrected chi connectivity index (χ2v) is 7.92. The average molecular weight is 470 g/mol. The summed E-state index contributed by atoms with van der Waals surface area (Å²) in [6.45, 7) is -0.633. The number of carbonyl (C=O) groups is 5. The van der Waals surface area contributed by atoms with Gasteiger partial charge in [0.05, 0.1) is 35.9 Å². The van der Waals surface area contributed by atoms with E-state index in [0.29, 0.717) is 16.7 Å². The Morgan fingerprint density at radius 3 is 1.69 bits per heavy atom. The van der Waals surface area contributed by atoms with Gasteiger partial charge < -0.3 is 9.47 Å². The lowest BCUT2D eigenvalue weighted by Gasteiger charge is -2.17. The molecule has 0 aromatic heterocycles. The standard InChI is InChI=1S/C26H18N2O7/c1-34-21-11-10-15(13-27-22(29)16-6-2-3-7-17(16)23(27)30)12-20(21)26(33)35-14-28-24(31)18-8-4-5-9-19(18)25(28)32/h2-12H,13-14H2,1H3. The SMILES string of the molecule is COc1ccc(CN2C(=O)c3ccccc3C2=O)cc1C(=O)OCN1C(=O)c2ccccc2C1=O. The van der Waals surface area contributed by atoms with Crippen LogP contribution in [0.4, 0.5) is 0 Å². The Bertz CT molecular complexity index is 1360. The molecule has 2 heterocycles. The number of fused-ring (bicyclic) bond motifs is 2. The molecule has 0 radical (unpaired) electrons. The summed E-state index contributed by atoms with van der Waals surface area (Å²) >= 11 is 0. The molecule has 5 rings (SSSR count). The van der Waals surface area contributed by atoms with Gasteiger partial charge in [0.1, 0.15) is 11.3 Å². The summed E-state index contributed by atoms with van der Waals surface area (Å²) in [7, 11) is 1.38. The van der Waals surface area contributed by atoms with E-state index in [1.165, 1.54) is 31.4 Å². The van der Waals surface area contributed by atoms with Gasteiger partial charge in [-0.3, -0.25) is 24.1 Å². The molecule has 35 heavy (non-hydrogen) atoms. The number of amides is 4. The van der Waals surface area contributed by atoms with Crippen LogP contribution in [0.1, 0.15) is 57.4 Å². The van der Waals surface area contributed by atoms with E-state index < -0.39 is 36.3 Å². The van der Waals surface area contributed by atoms with E-state index in [1.54, 1.807) is 42.5 Å². The monoisotopic (exact) mass is 470 g/mol. The summed E-state index contributed by atoms with van der Waals surface area (Å²) in [5.74, 6) is -2.58. The Balaban J connectivity index is 1.33. The van der Waals surface area contributed by atoms with Crippen LogP contribution in [0.2, 0.25) is 0 Å². The van der Waals surface area contributed by atoms with E-state index in [2.05, 4.69) is 0 Å². The number of esters is 1. The first-order valence-electron chi connectivity index (χ1n) is 10.6. The molecule has 0 unspecified atom stereocenters. The highest BCUT2D eigenvalue weighted by Crippen LogP contribution is 2.27. The lowest BCUT2D eigenvalue weighted by Crippen LogP contribution is -2.33. The van der Waals surface area contributed by atoms with Gasteiger partial charge >= 0.3 is 5.97 Å². The van der Waals surface area contributed by atoms with Crippen LogP contribution in [0.3, 0.4) is 0 Å². The molecule has 0 aliphatic carbocycles. The fourth-order valence-electron chi connectivity index (χ4n) is 4.14. The molecule has 4 amide bonds. The van der Waals surface area contributed by atoms with E-state index in [9.17, 15) is 24.0 Å². The van der Waals surface area contributed by atoms with Crippen molar-refractivity contribution < 1.29 is 33.4 Å². The molecule has 0 saturated heterocycles. The number of ether oxygens (including phenoxy) is 2. The summed E-state index contributed by atoms with van der Waals surface area (Å²) < 4.78 is 10.5. The molecule has 3 aromatic carbocycles. The quantitative estimate of drug-likeness (QED) is 0.402. The number of imide groups is 2. The van der Waals surface area contributed by atoms with Crippen molar-refractivity contribution >= 4 is 29.6 Å². The number of carbonyl (C=O) groups excluding carboxylic acids is 5. The second-order valence-electron chi connectivity index (χ2n) is 7.92. The minimum atomic E-state index is -0.831. The number of benzene rings is 3. The van der Waals surface area contributed by atoms with Gasteiger partial charge in [0, 0.05) is 0 Å². The van der Waals surface area contributed by atoms with Crippen molar-refractivity contribution in [2.75, 3.05) is 13.8 Å². The van der Waals surface area contributed by atoms with Crippen molar-refractivity contribution in [3.05, 3.63) is 100 Å². The highest BCUT2D eigenvalue weighted by Gasteiger charge is 2.37. The summed E-state index contributed by atoms with van der Waals surface area (Å²) in [5.41, 5.74) is 1.66. The highest BCUT2D eigenvalue weighted by molar-refractivity contribution is 6.22. The van der Waals surface area contributed by atoms with Crippen LogP contribution in [-0.4, -0.2) is 53.2 Å². The third-order valence-corrected chi connectivity index (χ3v) is 5.91. The van der Waals surface area contributed by atoms with Gasteiger partial charge in [-0.2, -0.15) is 0 Å². The maximum absolute atomic E-state index is 12.9. The van der Waals surface area contributed by atoms with Crippen LogP contribution in [0.25, 0.3) is 0 Å². The maximum atomic E-state index is 12.9. The molecule has 2 aliphatic rings. The molecular formula is C26H18N2O7. The first-order valence-corrected chi connectivity index (χ1v) is 10.6. The Kier molecular flexibility index (Phi) is 5.37. The molecule has 2 aliphatic heterocycles. The van der Waals surface area contributed by atoms with Crippen LogP contribution < -0.4 is 4.74 Å². The van der Waals surface area contributed by atoms with Gasteiger partial charge in [-0.25, -0.2) is 9.69 Å². The fourth-order valence-corrected chi connectivity index (χ4v) is 4.14. The van der Waals surface area contributed by atoms with Crippen molar-refractivity contribution in [1.29, 1.82) is 0 Å².